The van der Waals surface area contributed by atoms with Crippen molar-refractivity contribution < 1.29 is 0 Å². The highest BCUT2D eigenvalue weighted by atomic mass is 32.1. The van der Waals surface area contributed by atoms with Crippen LogP contribution in [0.3, 0.4) is 0 Å². The topological polar surface area (TPSA) is 27.0 Å². The molecule has 2 nitrogen and oxygen atoms in total. The lowest BCUT2D eigenvalue weighted by Crippen LogP contribution is -2.10. The number of nitrogens with zero attached hydrogens (tertiary/aromatic N) is 2. The lowest BCUT2D eigenvalue weighted by atomic mass is 9.92. The fourth-order valence-corrected chi connectivity index (χ4v) is 9.52. The van der Waals surface area contributed by atoms with Crippen LogP contribution in [0, 0.1) is 11.3 Å². The smallest absolute Gasteiger partial charge is 0.0944 e. The standard InChI is InChI=1S/C58H68N2S/c1-6-10-14-18-45-22-37-56(50(41-45)20-16-12-8-3)47-24-30-52(31-25-47)60(54-34-28-49(29-35-54)58-39-36-55(61-58)40-44(5)43-59)53-32-26-48(27-33-53)57-38-23-46(19-15-11-7-2)42-51(57)21-17-13-9-4/h22-42H,6-21H2,1-5H3/b44-40+. The van der Waals surface area contributed by atoms with Crippen molar-refractivity contribution >= 4 is 34.5 Å². The molecule has 0 saturated carbocycles. The van der Waals surface area contributed by atoms with E-state index in [0.717, 1.165) is 53.2 Å². The number of aryl methyl sites for hydroxylation is 4. The minimum Gasteiger partial charge on any atom is -0.311 e. The molecular formula is C58H68N2S. The van der Waals surface area contributed by atoms with Gasteiger partial charge in [-0.2, -0.15) is 5.26 Å². The van der Waals surface area contributed by atoms with Gasteiger partial charge in [-0.05, 0) is 163 Å². The third-order valence-corrected chi connectivity index (χ3v) is 13.1. The Kier molecular flexibility index (Phi) is 17.6. The highest BCUT2D eigenvalue weighted by Crippen LogP contribution is 2.40. The summed E-state index contributed by atoms with van der Waals surface area (Å²) in [6.07, 6.45) is 21.6. The zero-order chi connectivity index (χ0) is 42.8. The van der Waals surface area contributed by atoms with Gasteiger partial charge in [-0.25, -0.2) is 0 Å². The first-order valence-electron chi connectivity index (χ1n) is 23.5. The van der Waals surface area contributed by atoms with Crippen molar-refractivity contribution in [2.45, 2.75) is 137 Å². The minimum atomic E-state index is 0.718. The third kappa shape index (κ3) is 12.7. The maximum absolute atomic E-state index is 9.31. The molecule has 3 heteroatoms. The lowest BCUT2D eigenvalue weighted by Gasteiger charge is -2.26. The van der Waals surface area contributed by atoms with Gasteiger partial charge in [0.05, 0.1) is 6.07 Å². The van der Waals surface area contributed by atoms with Crippen molar-refractivity contribution in [2.75, 3.05) is 4.90 Å². The Bertz CT molecular complexity index is 2210. The number of nitriles is 1. The number of hydrogen-bond acceptors (Lipinski definition) is 3. The average Bonchev–Trinajstić information content (AvgIpc) is 3.76. The van der Waals surface area contributed by atoms with Crippen LogP contribution in [0.25, 0.3) is 38.8 Å². The Balaban J connectivity index is 1.35. The quantitative estimate of drug-likeness (QED) is 0.0475. The highest BCUT2D eigenvalue weighted by molar-refractivity contribution is 7.16. The summed E-state index contributed by atoms with van der Waals surface area (Å²) < 4.78 is 0. The van der Waals surface area contributed by atoms with E-state index < -0.39 is 0 Å². The summed E-state index contributed by atoms with van der Waals surface area (Å²) in [4.78, 5) is 4.69. The first-order chi connectivity index (χ1) is 29.9. The van der Waals surface area contributed by atoms with Gasteiger partial charge >= 0.3 is 0 Å². The average molecular weight is 825 g/mol. The number of unbranched alkanes of at least 4 members (excludes halogenated alkanes) is 8. The van der Waals surface area contributed by atoms with Gasteiger partial charge in [0.2, 0.25) is 0 Å². The fourth-order valence-electron chi connectivity index (χ4n) is 8.50. The van der Waals surface area contributed by atoms with E-state index in [1.807, 2.05) is 13.0 Å². The molecule has 0 atom stereocenters. The molecular weight excluding hydrogens is 757 g/mol. The molecule has 0 bridgehead atoms. The molecule has 0 aliphatic heterocycles. The van der Waals surface area contributed by atoms with Gasteiger partial charge in [-0.1, -0.05) is 152 Å². The van der Waals surface area contributed by atoms with E-state index in [0.29, 0.717) is 0 Å². The Labute approximate surface area is 373 Å². The van der Waals surface area contributed by atoms with Gasteiger partial charge in [0.15, 0.2) is 0 Å². The Morgan fingerprint density at radius 1 is 0.492 bits per heavy atom. The minimum absolute atomic E-state index is 0.718. The third-order valence-electron chi connectivity index (χ3n) is 12.0. The van der Waals surface area contributed by atoms with E-state index in [-0.39, 0.29) is 0 Å². The van der Waals surface area contributed by atoms with Gasteiger partial charge in [-0.3, -0.25) is 0 Å². The number of hydrogen-bond donors (Lipinski definition) is 0. The maximum atomic E-state index is 9.31. The van der Waals surface area contributed by atoms with Crippen molar-refractivity contribution in [2.24, 2.45) is 0 Å². The molecule has 0 aliphatic rings. The molecule has 5 aromatic carbocycles. The van der Waals surface area contributed by atoms with Crippen LogP contribution in [-0.2, 0) is 25.7 Å². The SMILES string of the molecule is CCCCCc1ccc(-c2ccc(N(c3ccc(-c4ccc(/C=C(\C)C#N)s4)cc3)c3ccc(-c4ccc(CCCCC)cc4CCCCC)cc3)cc2)c(CCCCC)c1. The van der Waals surface area contributed by atoms with Crippen molar-refractivity contribution in [3.05, 3.63) is 154 Å². The van der Waals surface area contributed by atoms with Gasteiger partial charge in [-0.15, -0.1) is 11.3 Å². The van der Waals surface area contributed by atoms with Crippen molar-refractivity contribution in [1.29, 1.82) is 5.26 Å². The van der Waals surface area contributed by atoms with Gasteiger partial charge in [0.25, 0.3) is 0 Å². The van der Waals surface area contributed by atoms with Gasteiger partial charge in [0.1, 0.15) is 0 Å². The fraction of sp³-hybridized carbons (Fsp3) is 0.362. The van der Waals surface area contributed by atoms with Gasteiger partial charge in [0, 0.05) is 32.4 Å². The second-order valence-corrected chi connectivity index (χ2v) is 18.0. The molecule has 6 rings (SSSR count). The van der Waals surface area contributed by atoms with E-state index in [1.54, 1.807) is 11.3 Å². The van der Waals surface area contributed by atoms with Crippen LogP contribution >= 0.6 is 11.3 Å². The van der Waals surface area contributed by atoms with Crippen molar-refractivity contribution in [1.82, 2.24) is 0 Å². The van der Waals surface area contributed by atoms with Crippen LogP contribution in [0.1, 0.15) is 139 Å². The molecule has 0 spiro atoms. The van der Waals surface area contributed by atoms with Crippen LogP contribution in [-0.4, -0.2) is 0 Å². The number of rotatable bonds is 23. The first-order valence-corrected chi connectivity index (χ1v) is 24.3. The Hall–Kier alpha value is -5.17. The molecule has 61 heavy (non-hydrogen) atoms. The summed E-state index contributed by atoms with van der Waals surface area (Å²) in [6, 6.07) is 48.5. The Morgan fingerprint density at radius 3 is 1.31 bits per heavy atom. The number of benzene rings is 5. The van der Waals surface area contributed by atoms with E-state index in [1.165, 1.54) is 132 Å². The maximum Gasteiger partial charge on any atom is 0.0944 e. The molecule has 0 N–H and O–H groups in total. The summed E-state index contributed by atoms with van der Waals surface area (Å²) in [5, 5.41) is 9.31. The predicted octanol–water partition coefficient (Wildman–Crippen LogP) is 18.1. The van der Waals surface area contributed by atoms with Crippen molar-refractivity contribution in [3.63, 3.8) is 0 Å². The molecule has 316 valence electrons. The molecule has 1 aromatic heterocycles. The second-order valence-electron chi connectivity index (χ2n) is 16.9. The van der Waals surface area contributed by atoms with E-state index >= 15 is 0 Å². The number of anilines is 3. The molecule has 0 saturated heterocycles. The van der Waals surface area contributed by atoms with Crippen LogP contribution in [0.15, 0.2) is 127 Å². The summed E-state index contributed by atoms with van der Waals surface area (Å²) in [5.41, 5.74) is 16.5. The summed E-state index contributed by atoms with van der Waals surface area (Å²) in [5.74, 6) is 0. The molecule has 0 aliphatic carbocycles. The Morgan fingerprint density at radius 2 is 0.902 bits per heavy atom. The van der Waals surface area contributed by atoms with Crippen LogP contribution in [0.2, 0.25) is 0 Å². The highest BCUT2D eigenvalue weighted by Gasteiger charge is 2.16. The lowest BCUT2D eigenvalue weighted by molar-refractivity contribution is 0.709. The zero-order valence-electron chi connectivity index (χ0n) is 37.7. The van der Waals surface area contributed by atoms with E-state index in [2.05, 4.69) is 160 Å². The predicted molar refractivity (Wildman–Crippen MR) is 267 cm³/mol. The van der Waals surface area contributed by atoms with Gasteiger partial charge < -0.3 is 4.90 Å². The zero-order valence-corrected chi connectivity index (χ0v) is 38.6. The number of thiophene rings is 1. The summed E-state index contributed by atoms with van der Waals surface area (Å²) in [6.45, 7) is 11.0. The first kappa shape index (κ1) is 45.4. The van der Waals surface area contributed by atoms with Crippen LogP contribution < -0.4 is 4.90 Å². The van der Waals surface area contributed by atoms with Crippen LogP contribution in [0.4, 0.5) is 17.1 Å². The molecule has 0 unspecified atom stereocenters. The molecule has 6 aromatic rings. The monoisotopic (exact) mass is 825 g/mol. The molecule has 0 fully saturated rings. The normalized spacial score (nSPS) is 11.5. The summed E-state index contributed by atoms with van der Waals surface area (Å²) in [7, 11) is 0. The largest absolute Gasteiger partial charge is 0.311 e. The number of allylic oxidation sites excluding steroid dienone is 1. The second kappa shape index (κ2) is 23.7. The van der Waals surface area contributed by atoms with E-state index in [4.69, 9.17) is 0 Å². The van der Waals surface area contributed by atoms with E-state index in [9.17, 15) is 5.26 Å². The molecule has 1 heterocycles. The molecule has 0 amide bonds. The van der Waals surface area contributed by atoms with Crippen LogP contribution in [0.5, 0.6) is 0 Å². The van der Waals surface area contributed by atoms with Crippen molar-refractivity contribution in [3.8, 4) is 38.8 Å². The summed E-state index contributed by atoms with van der Waals surface area (Å²) >= 11 is 1.72. The molecule has 0 radical (unpaired) electrons.